The quantitative estimate of drug-likeness (QED) is 0.171. The number of thiophene rings is 1. The molecule has 11 aromatic rings. The molecule has 5 heteroatoms. The van der Waals surface area contributed by atoms with Gasteiger partial charge in [-0.3, -0.25) is 0 Å². The van der Waals surface area contributed by atoms with Gasteiger partial charge in [0.2, 0.25) is 0 Å². The van der Waals surface area contributed by atoms with Crippen LogP contribution in [0.25, 0.3) is 104 Å². The molecule has 0 amide bonds. The van der Waals surface area contributed by atoms with Crippen LogP contribution in [-0.4, -0.2) is 19.5 Å². The van der Waals surface area contributed by atoms with E-state index in [1.807, 2.05) is 35.6 Å². The molecule has 0 bridgehead atoms. The van der Waals surface area contributed by atoms with Crippen molar-refractivity contribution in [2.75, 3.05) is 0 Å². The van der Waals surface area contributed by atoms with E-state index in [0.29, 0.717) is 17.5 Å². The zero-order valence-corrected chi connectivity index (χ0v) is 31.0. The predicted molar refractivity (Wildman–Crippen MR) is 234 cm³/mol. The highest BCUT2D eigenvalue weighted by atomic mass is 32.1. The molecular formula is C51H32N4S. The number of nitrogens with zero attached hydrogens (tertiary/aromatic N) is 4. The van der Waals surface area contributed by atoms with Gasteiger partial charge >= 0.3 is 0 Å². The van der Waals surface area contributed by atoms with Gasteiger partial charge in [0.1, 0.15) is 0 Å². The van der Waals surface area contributed by atoms with Crippen molar-refractivity contribution in [1.29, 1.82) is 0 Å². The largest absolute Gasteiger partial charge is 0.308 e. The van der Waals surface area contributed by atoms with Gasteiger partial charge in [0.15, 0.2) is 17.5 Å². The summed E-state index contributed by atoms with van der Waals surface area (Å²) in [5.41, 5.74) is 11.1. The Kier molecular flexibility index (Phi) is 7.64. The second kappa shape index (κ2) is 13.3. The van der Waals surface area contributed by atoms with Gasteiger partial charge in [-0.05, 0) is 52.6 Å². The van der Waals surface area contributed by atoms with Crippen molar-refractivity contribution >= 4 is 53.3 Å². The van der Waals surface area contributed by atoms with E-state index in [4.69, 9.17) is 15.0 Å². The molecule has 0 fully saturated rings. The van der Waals surface area contributed by atoms with Crippen molar-refractivity contribution in [3.63, 3.8) is 0 Å². The van der Waals surface area contributed by atoms with Crippen molar-refractivity contribution in [2.24, 2.45) is 0 Å². The van der Waals surface area contributed by atoms with E-state index >= 15 is 0 Å². The van der Waals surface area contributed by atoms with Crippen molar-refractivity contribution in [1.82, 2.24) is 19.5 Å². The van der Waals surface area contributed by atoms with Crippen LogP contribution < -0.4 is 0 Å². The molecule has 4 nitrogen and oxygen atoms in total. The maximum absolute atomic E-state index is 5.23. The molecule has 0 atom stereocenters. The molecule has 0 spiro atoms. The topological polar surface area (TPSA) is 43.6 Å². The second-order valence-electron chi connectivity index (χ2n) is 14.0. The molecule has 0 radical (unpaired) electrons. The molecule has 0 unspecified atom stereocenters. The normalized spacial score (nSPS) is 11.6. The van der Waals surface area contributed by atoms with Gasteiger partial charge in [0.25, 0.3) is 0 Å². The number of rotatable bonds is 6. The third-order valence-electron chi connectivity index (χ3n) is 10.6. The molecule has 56 heavy (non-hydrogen) atoms. The van der Waals surface area contributed by atoms with E-state index < -0.39 is 0 Å². The Morgan fingerprint density at radius 2 is 0.857 bits per heavy atom. The van der Waals surface area contributed by atoms with E-state index in [-0.39, 0.29) is 0 Å². The van der Waals surface area contributed by atoms with Crippen molar-refractivity contribution < 1.29 is 0 Å². The number of hydrogen-bond donors (Lipinski definition) is 0. The van der Waals surface area contributed by atoms with Crippen molar-refractivity contribution in [3.05, 3.63) is 194 Å². The lowest BCUT2D eigenvalue weighted by Gasteiger charge is -2.11. The highest BCUT2D eigenvalue weighted by molar-refractivity contribution is 7.27. The summed E-state index contributed by atoms with van der Waals surface area (Å²) in [5, 5.41) is 4.88. The molecule has 0 N–H and O–H groups in total. The second-order valence-corrected chi connectivity index (χ2v) is 15.0. The molecule has 3 aromatic heterocycles. The van der Waals surface area contributed by atoms with E-state index in [1.54, 1.807) is 0 Å². The molecule has 11 rings (SSSR count). The summed E-state index contributed by atoms with van der Waals surface area (Å²) in [7, 11) is 0. The van der Waals surface area contributed by atoms with Crippen molar-refractivity contribution in [2.45, 2.75) is 0 Å². The van der Waals surface area contributed by atoms with Crippen LogP contribution in [0.2, 0.25) is 0 Å². The first-order chi connectivity index (χ1) is 27.8. The van der Waals surface area contributed by atoms with E-state index in [2.05, 4.69) is 174 Å². The molecular weight excluding hydrogens is 701 g/mol. The minimum Gasteiger partial charge on any atom is -0.308 e. The van der Waals surface area contributed by atoms with Crippen LogP contribution in [0.1, 0.15) is 0 Å². The molecule has 0 aliphatic carbocycles. The van der Waals surface area contributed by atoms with E-state index in [0.717, 1.165) is 38.2 Å². The lowest BCUT2D eigenvalue weighted by Crippen LogP contribution is -2.00. The summed E-state index contributed by atoms with van der Waals surface area (Å²) >= 11 is 1.82. The Balaban J connectivity index is 1.15. The average molecular weight is 733 g/mol. The van der Waals surface area contributed by atoms with Gasteiger partial charge in [-0.15, -0.1) is 11.3 Å². The van der Waals surface area contributed by atoms with Gasteiger partial charge in [-0.1, -0.05) is 164 Å². The van der Waals surface area contributed by atoms with Gasteiger partial charge in [-0.2, -0.15) is 0 Å². The number of para-hydroxylation sites is 1. The molecule has 8 aromatic carbocycles. The fraction of sp³-hybridized carbons (Fsp3) is 0. The Morgan fingerprint density at radius 1 is 0.339 bits per heavy atom. The van der Waals surface area contributed by atoms with Crippen LogP contribution in [0.3, 0.4) is 0 Å². The Bertz CT molecular complexity index is 3240. The maximum Gasteiger partial charge on any atom is 0.165 e. The first-order valence-corrected chi connectivity index (χ1v) is 19.6. The van der Waals surface area contributed by atoms with Crippen LogP contribution in [0, 0.1) is 0 Å². The van der Waals surface area contributed by atoms with E-state index in [9.17, 15) is 0 Å². The fourth-order valence-electron chi connectivity index (χ4n) is 8.01. The number of benzene rings is 8. The van der Waals surface area contributed by atoms with Gasteiger partial charge in [0, 0.05) is 48.6 Å². The third-order valence-corrected chi connectivity index (χ3v) is 11.9. The minimum atomic E-state index is 0.644. The third kappa shape index (κ3) is 5.40. The molecule has 0 saturated carbocycles. The number of aromatic nitrogens is 4. The Morgan fingerprint density at radius 3 is 1.61 bits per heavy atom. The van der Waals surface area contributed by atoms with Gasteiger partial charge in [0.05, 0.1) is 15.7 Å². The molecule has 262 valence electrons. The van der Waals surface area contributed by atoms with Crippen molar-refractivity contribution in [3.8, 4) is 62.1 Å². The molecule has 3 heterocycles. The number of fused-ring (bicyclic) bond motifs is 7. The minimum absolute atomic E-state index is 0.644. The van der Waals surface area contributed by atoms with Crippen LogP contribution >= 0.6 is 11.3 Å². The lowest BCUT2D eigenvalue weighted by atomic mass is 10.0. The Hall–Kier alpha value is -7.21. The monoisotopic (exact) mass is 732 g/mol. The first kappa shape index (κ1) is 32.2. The zero-order valence-electron chi connectivity index (χ0n) is 30.2. The van der Waals surface area contributed by atoms with Gasteiger partial charge in [-0.25, -0.2) is 15.0 Å². The smallest absolute Gasteiger partial charge is 0.165 e. The summed E-state index contributed by atoms with van der Waals surface area (Å²) in [4.78, 5) is 15.5. The zero-order chi connectivity index (χ0) is 37.0. The average Bonchev–Trinajstić information content (AvgIpc) is 3.84. The summed E-state index contributed by atoms with van der Waals surface area (Å²) in [6, 6.07) is 68.5. The SMILES string of the molecule is c1ccc(-c2cccc(-c3nc(-c4ccccc4)nc(-c4cccc5c4sc4c5ccc5c6ccccc6n(-c6cccc(-c7ccccc7)c6)c54)n3)c2)cc1. The lowest BCUT2D eigenvalue weighted by molar-refractivity contribution is 1.08. The standard InChI is InChI=1S/C51H32N4S/c1-4-15-33(16-5-1)36-21-12-23-38(31-36)50-52-49(35-19-8-3-9-20-35)53-51(54-50)44-27-14-26-42-43-30-29-41-40-25-10-11-28-45(40)55(46(41)48(43)56-47(42)44)39-24-13-22-37(32-39)34-17-6-2-7-18-34/h1-32H. The molecule has 0 aliphatic heterocycles. The first-order valence-electron chi connectivity index (χ1n) is 18.8. The summed E-state index contributed by atoms with van der Waals surface area (Å²) in [6.07, 6.45) is 0. The highest BCUT2D eigenvalue weighted by Crippen LogP contribution is 2.45. The highest BCUT2D eigenvalue weighted by Gasteiger charge is 2.21. The van der Waals surface area contributed by atoms with Crippen LogP contribution in [0.5, 0.6) is 0 Å². The summed E-state index contributed by atoms with van der Waals surface area (Å²) < 4.78 is 4.83. The predicted octanol–water partition coefficient (Wildman–Crippen LogP) is 13.7. The van der Waals surface area contributed by atoms with Crippen LogP contribution in [0.15, 0.2) is 194 Å². The van der Waals surface area contributed by atoms with E-state index in [1.165, 1.54) is 48.4 Å². The van der Waals surface area contributed by atoms with Crippen LogP contribution in [-0.2, 0) is 0 Å². The summed E-state index contributed by atoms with van der Waals surface area (Å²) in [6.45, 7) is 0. The fourth-order valence-corrected chi connectivity index (χ4v) is 9.36. The number of hydrogen-bond acceptors (Lipinski definition) is 4. The molecule has 0 aliphatic rings. The Labute approximate surface area is 327 Å². The van der Waals surface area contributed by atoms with Gasteiger partial charge < -0.3 is 4.57 Å². The van der Waals surface area contributed by atoms with Crippen LogP contribution in [0.4, 0.5) is 0 Å². The maximum atomic E-state index is 5.23. The summed E-state index contributed by atoms with van der Waals surface area (Å²) in [5.74, 6) is 1.95. The molecule has 0 saturated heterocycles.